The first kappa shape index (κ1) is 15.2. The van der Waals surface area contributed by atoms with Crippen molar-refractivity contribution >= 4 is 0 Å². The van der Waals surface area contributed by atoms with Gasteiger partial charge in [0.1, 0.15) is 5.76 Å². The Balaban J connectivity index is 2.39. The van der Waals surface area contributed by atoms with Crippen molar-refractivity contribution in [2.24, 2.45) is 5.92 Å². The molecule has 0 aliphatic carbocycles. The van der Waals surface area contributed by atoms with Crippen LogP contribution in [0.1, 0.15) is 25.2 Å². The topological polar surface area (TPSA) is 37.6 Å². The zero-order chi connectivity index (χ0) is 13.4. The molecule has 0 aromatic carbocycles. The van der Waals surface area contributed by atoms with Gasteiger partial charge >= 0.3 is 0 Å². The second-order valence-corrected chi connectivity index (χ2v) is 5.12. The smallest absolute Gasteiger partial charge is 0.122 e. The number of ether oxygens (including phenoxy) is 1. The van der Waals surface area contributed by atoms with Crippen LogP contribution in [0, 0.1) is 5.92 Å². The fraction of sp³-hybridized carbons (Fsp3) is 0.714. The molecule has 1 aromatic heterocycles. The van der Waals surface area contributed by atoms with Crippen LogP contribution in [0.5, 0.6) is 0 Å². The van der Waals surface area contributed by atoms with Gasteiger partial charge in [0.15, 0.2) is 0 Å². The lowest BCUT2D eigenvalue weighted by molar-refractivity contribution is 0.154. The summed E-state index contributed by atoms with van der Waals surface area (Å²) in [4.78, 5) is 2.20. The lowest BCUT2D eigenvalue weighted by atomic mass is 10.2. The average molecular weight is 254 g/mol. The van der Waals surface area contributed by atoms with E-state index in [1.54, 1.807) is 13.4 Å². The Morgan fingerprint density at radius 2 is 2.22 bits per heavy atom. The summed E-state index contributed by atoms with van der Waals surface area (Å²) in [5.74, 6) is 1.72. The van der Waals surface area contributed by atoms with Crippen molar-refractivity contribution in [2.45, 2.75) is 26.9 Å². The molecule has 4 heteroatoms. The van der Waals surface area contributed by atoms with Crippen LogP contribution in [-0.2, 0) is 17.8 Å². The number of furan rings is 1. The van der Waals surface area contributed by atoms with Gasteiger partial charge in [0.25, 0.3) is 0 Å². The van der Waals surface area contributed by atoms with E-state index in [-0.39, 0.29) is 0 Å². The highest BCUT2D eigenvalue weighted by Crippen LogP contribution is 2.12. The summed E-state index contributed by atoms with van der Waals surface area (Å²) in [6, 6.07) is 2.05. The van der Waals surface area contributed by atoms with Crippen LogP contribution in [0.4, 0.5) is 0 Å². The quantitative estimate of drug-likeness (QED) is 0.732. The first-order valence-corrected chi connectivity index (χ1v) is 6.57. The molecule has 1 aromatic rings. The molecule has 0 aliphatic rings. The predicted octanol–water partition coefficient (Wildman–Crippen LogP) is 2.10. The monoisotopic (exact) mass is 254 g/mol. The van der Waals surface area contributed by atoms with Crippen LogP contribution in [0.2, 0.25) is 0 Å². The number of hydrogen-bond acceptors (Lipinski definition) is 4. The SMILES string of the molecule is COCCN(C)Cc1occc1CNCC(C)C. The van der Waals surface area contributed by atoms with Gasteiger partial charge in [-0.25, -0.2) is 0 Å². The van der Waals surface area contributed by atoms with Crippen LogP contribution in [0.3, 0.4) is 0 Å². The van der Waals surface area contributed by atoms with Gasteiger partial charge in [0, 0.05) is 25.8 Å². The Hall–Kier alpha value is -0.840. The highest BCUT2D eigenvalue weighted by atomic mass is 16.5. The van der Waals surface area contributed by atoms with E-state index in [4.69, 9.17) is 9.15 Å². The maximum Gasteiger partial charge on any atom is 0.122 e. The summed E-state index contributed by atoms with van der Waals surface area (Å²) < 4.78 is 10.6. The Morgan fingerprint density at radius 3 is 2.89 bits per heavy atom. The van der Waals surface area contributed by atoms with Gasteiger partial charge in [-0.1, -0.05) is 13.8 Å². The summed E-state index contributed by atoms with van der Waals surface area (Å²) in [5, 5.41) is 3.44. The summed E-state index contributed by atoms with van der Waals surface area (Å²) in [6.45, 7) is 8.82. The van der Waals surface area contributed by atoms with Crippen LogP contribution in [-0.4, -0.2) is 38.8 Å². The fourth-order valence-electron chi connectivity index (χ4n) is 1.73. The molecule has 4 nitrogen and oxygen atoms in total. The van der Waals surface area contributed by atoms with Gasteiger partial charge in [0.05, 0.1) is 19.4 Å². The molecule has 1 rings (SSSR count). The molecule has 0 spiro atoms. The normalized spacial score (nSPS) is 11.7. The Kier molecular flexibility index (Phi) is 7.01. The molecule has 0 fully saturated rings. The molecule has 1 N–H and O–H groups in total. The van der Waals surface area contributed by atoms with Crippen molar-refractivity contribution in [2.75, 3.05) is 33.9 Å². The third-order valence-electron chi connectivity index (χ3n) is 2.80. The molecule has 0 radical (unpaired) electrons. The maximum atomic E-state index is 5.55. The Morgan fingerprint density at radius 1 is 1.44 bits per heavy atom. The number of nitrogens with zero attached hydrogens (tertiary/aromatic N) is 1. The van der Waals surface area contributed by atoms with Gasteiger partial charge in [-0.2, -0.15) is 0 Å². The summed E-state index contributed by atoms with van der Waals surface area (Å²) >= 11 is 0. The second kappa shape index (κ2) is 8.29. The number of hydrogen-bond donors (Lipinski definition) is 1. The Labute approximate surface area is 110 Å². The molecule has 18 heavy (non-hydrogen) atoms. The maximum absolute atomic E-state index is 5.55. The van der Waals surface area contributed by atoms with E-state index in [1.165, 1.54) is 5.56 Å². The van der Waals surface area contributed by atoms with Crippen LogP contribution >= 0.6 is 0 Å². The minimum absolute atomic E-state index is 0.671. The van der Waals surface area contributed by atoms with Crippen molar-refractivity contribution in [1.82, 2.24) is 10.2 Å². The highest BCUT2D eigenvalue weighted by Gasteiger charge is 2.09. The fourth-order valence-corrected chi connectivity index (χ4v) is 1.73. The lowest BCUT2D eigenvalue weighted by Crippen LogP contribution is -2.24. The zero-order valence-corrected chi connectivity index (χ0v) is 12.0. The molecule has 0 amide bonds. The number of likely N-dealkylation sites (N-methyl/N-ethyl adjacent to an activating group) is 1. The van der Waals surface area contributed by atoms with Gasteiger partial charge in [-0.05, 0) is 25.6 Å². The predicted molar refractivity (Wildman–Crippen MR) is 73.5 cm³/mol. The number of rotatable bonds is 9. The lowest BCUT2D eigenvalue weighted by Gasteiger charge is -2.15. The molecule has 0 bridgehead atoms. The van der Waals surface area contributed by atoms with E-state index in [0.717, 1.165) is 38.5 Å². The molecule has 104 valence electrons. The van der Waals surface area contributed by atoms with E-state index < -0.39 is 0 Å². The molecule has 0 saturated heterocycles. The second-order valence-electron chi connectivity index (χ2n) is 5.12. The van der Waals surface area contributed by atoms with Crippen molar-refractivity contribution in [3.05, 3.63) is 23.7 Å². The van der Waals surface area contributed by atoms with Crippen molar-refractivity contribution in [3.8, 4) is 0 Å². The molecule has 0 unspecified atom stereocenters. The molecule has 1 heterocycles. The van der Waals surface area contributed by atoms with Gasteiger partial charge in [-0.15, -0.1) is 0 Å². The first-order valence-electron chi connectivity index (χ1n) is 6.57. The van der Waals surface area contributed by atoms with E-state index >= 15 is 0 Å². The van der Waals surface area contributed by atoms with E-state index in [9.17, 15) is 0 Å². The van der Waals surface area contributed by atoms with Crippen LogP contribution in [0.15, 0.2) is 16.7 Å². The standard InChI is InChI=1S/C14H26N2O2/c1-12(2)9-15-10-13-5-7-18-14(13)11-16(3)6-8-17-4/h5,7,12,15H,6,8-11H2,1-4H3. The summed E-state index contributed by atoms with van der Waals surface area (Å²) in [7, 11) is 3.80. The number of methoxy groups -OCH3 is 1. The van der Waals surface area contributed by atoms with E-state index in [2.05, 4.69) is 31.1 Å². The van der Waals surface area contributed by atoms with Crippen LogP contribution < -0.4 is 5.32 Å². The third-order valence-corrected chi connectivity index (χ3v) is 2.80. The summed E-state index contributed by atoms with van der Waals surface area (Å²) in [6.07, 6.45) is 1.77. The molecular weight excluding hydrogens is 228 g/mol. The Bertz CT molecular complexity index is 323. The van der Waals surface area contributed by atoms with E-state index in [1.807, 2.05) is 6.07 Å². The minimum Gasteiger partial charge on any atom is -0.468 e. The average Bonchev–Trinajstić information content (AvgIpc) is 2.73. The largest absolute Gasteiger partial charge is 0.468 e. The van der Waals surface area contributed by atoms with Crippen LogP contribution in [0.25, 0.3) is 0 Å². The molecule has 0 atom stereocenters. The third kappa shape index (κ3) is 5.67. The van der Waals surface area contributed by atoms with Gasteiger partial charge in [-0.3, -0.25) is 4.90 Å². The van der Waals surface area contributed by atoms with Gasteiger partial charge < -0.3 is 14.5 Å². The van der Waals surface area contributed by atoms with E-state index in [0.29, 0.717) is 5.92 Å². The van der Waals surface area contributed by atoms with Crippen molar-refractivity contribution in [1.29, 1.82) is 0 Å². The van der Waals surface area contributed by atoms with Gasteiger partial charge in [0.2, 0.25) is 0 Å². The molecule has 0 aliphatic heterocycles. The summed E-state index contributed by atoms with van der Waals surface area (Å²) in [5.41, 5.74) is 1.25. The van der Waals surface area contributed by atoms with Crippen molar-refractivity contribution < 1.29 is 9.15 Å². The first-order chi connectivity index (χ1) is 8.63. The number of nitrogens with one attached hydrogen (secondary N) is 1. The molecule has 0 saturated carbocycles. The minimum atomic E-state index is 0.671. The highest BCUT2D eigenvalue weighted by molar-refractivity contribution is 5.16. The van der Waals surface area contributed by atoms with Crippen molar-refractivity contribution in [3.63, 3.8) is 0 Å². The zero-order valence-electron chi connectivity index (χ0n) is 12.0. The molecular formula is C14H26N2O2.